The van der Waals surface area contributed by atoms with Crippen LogP contribution in [0.5, 0.6) is 0 Å². The Balaban J connectivity index is 1.77. The Morgan fingerprint density at radius 3 is 2.27 bits per heavy atom. The molecule has 0 saturated heterocycles. The largest absolute Gasteiger partial charge is 0.441 e. The molecule has 1 heterocycles. The third-order valence-corrected chi connectivity index (χ3v) is 4.77. The molecule has 0 aliphatic carbocycles. The van der Waals surface area contributed by atoms with Gasteiger partial charge in [0.2, 0.25) is 0 Å². The summed E-state index contributed by atoms with van der Waals surface area (Å²) in [6.45, 7) is 1.89. The average molecular weight is 335 g/mol. The fraction of sp³-hybridized carbons (Fsp3) is 0.0417. The van der Waals surface area contributed by atoms with Crippen LogP contribution in [0.3, 0.4) is 0 Å². The van der Waals surface area contributed by atoms with Crippen molar-refractivity contribution in [3.8, 4) is 22.3 Å². The van der Waals surface area contributed by atoms with Crippen molar-refractivity contribution >= 4 is 21.9 Å². The van der Waals surface area contributed by atoms with E-state index in [1.54, 1.807) is 0 Å². The third-order valence-electron chi connectivity index (χ3n) is 4.77. The summed E-state index contributed by atoms with van der Waals surface area (Å²) < 4.78 is 5.87. The number of hydrogen-bond acceptors (Lipinski definition) is 2. The second-order valence-corrected chi connectivity index (χ2v) is 6.53. The van der Waals surface area contributed by atoms with E-state index in [1.807, 2.05) is 13.0 Å². The van der Waals surface area contributed by atoms with Crippen LogP contribution in [0.15, 0.2) is 89.3 Å². The monoisotopic (exact) mass is 335 g/mol. The molecular formula is C24H17NO. The van der Waals surface area contributed by atoms with Crippen molar-refractivity contribution in [2.75, 3.05) is 0 Å². The highest BCUT2D eigenvalue weighted by Gasteiger charge is 2.13. The summed E-state index contributed by atoms with van der Waals surface area (Å²) in [7, 11) is 0. The smallest absolute Gasteiger partial charge is 0.192 e. The van der Waals surface area contributed by atoms with Gasteiger partial charge in [-0.3, -0.25) is 0 Å². The van der Waals surface area contributed by atoms with Crippen molar-refractivity contribution in [3.05, 3.63) is 90.8 Å². The highest BCUT2D eigenvalue weighted by atomic mass is 16.3. The minimum Gasteiger partial charge on any atom is -0.441 e. The standard InChI is InChI=1S/C24H17NO/c1-16-25-24-22(18-8-3-2-4-9-18)14-21(15-23(24)26-16)20-12-11-17-7-5-6-10-19(17)13-20/h2-15H,1H3. The molecule has 0 amide bonds. The Morgan fingerprint density at radius 2 is 1.42 bits per heavy atom. The predicted octanol–water partition coefficient (Wildman–Crippen LogP) is 6.62. The Bertz CT molecular complexity index is 1240. The van der Waals surface area contributed by atoms with Gasteiger partial charge in [-0.1, -0.05) is 66.7 Å². The molecule has 1 aromatic heterocycles. The molecular weight excluding hydrogens is 318 g/mol. The van der Waals surface area contributed by atoms with Crippen molar-refractivity contribution in [2.24, 2.45) is 0 Å². The number of oxazole rings is 1. The van der Waals surface area contributed by atoms with Gasteiger partial charge in [-0.05, 0) is 45.7 Å². The Kier molecular flexibility index (Phi) is 3.36. The van der Waals surface area contributed by atoms with E-state index < -0.39 is 0 Å². The lowest BCUT2D eigenvalue weighted by Gasteiger charge is -2.08. The lowest BCUT2D eigenvalue weighted by atomic mass is 9.96. The molecule has 0 bridgehead atoms. The molecule has 0 saturated carbocycles. The van der Waals surface area contributed by atoms with Gasteiger partial charge in [0.1, 0.15) is 5.52 Å². The van der Waals surface area contributed by atoms with Gasteiger partial charge in [-0.25, -0.2) is 4.98 Å². The van der Waals surface area contributed by atoms with E-state index in [9.17, 15) is 0 Å². The zero-order valence-electron chi connectivity index (χ0n) is 14.4. The minimum atomic E-state index is 0.688. The first-order chi connectivity index (χ1) is 12.8. The molecule has 5 rings (SSSR count). The lowest BCUT2D eigenvalue weighted by Crippen LogP contribution is -1.85. The quantitative estimate of drug-likeness (QED) is 0.362. The molecule has 2 nitrogen and oxygen atoms in total. The molecule has 0 aliphatic heterocycles. The fourth-order valence-electron chi connectivity index (χ4n) is 3.51. The van der Waals surface area contributed by atoms with Crippen LogP contribution in [0.1, 0.15) is 5.89 Å². The SMILES string of the molecule is Cc1nc2c(-c3ccccc3)cc(-c3ccc4ccccc4c3)cc2o1. The third kappa shape index (κ3) is 2.47. The first kappa shape index (κ1) is 14.9. The predicted molar refractivity (Wildman–Crippen MR) is 107 cm³/mol. The van der Waals surface area contributed by atoms with Crippen molar-refractivity contribution in [1.29, 1.82) is 0 Å². The van der Waals surface area contributed by atoms with Crippen LogP contribution in [-0.4, -0.2) is 4.98 Å². The topological polar surface area (TPSA) is 26.0 Å². The first-order valence-corrected chi connectivity index (χ1v) is 8.74. The van der Waals surface area contributed by atoms with Crippen LogP contribution in [-0.2, 0) is 0 Å². The van der Waals surface area contributed by atoms with Gasteiger partial charge in [0, 0.05) is 12.5 Å². The molecule has 0 atom stereocenters. The van der Waals surface area contributed by atoms with Gasteiger partial charge in [0.15, 0.2) is 11.5 Å². The van der Waals surface area contributed by atoms with E-state index in [4.69, 9.17) is 4.42 Å². The highest BCUT2D eigenvalue weighted by Crippen LogP contribution is 2.35. The number of rotatable bonds is 2. The maximum atomic E-state index is 5.87. The first-order valence-electron chi connectivity index (χ1n) is 8.74. The van der Waals surface area contributed by atoms with Crippen LogP contribution >= 0.6 is 0 Å². The van der Waals surface area contributed by atoms with E-state index >= 15 is 0 Å². The zero-order chi connectivity index (χ0) is 17.5. The number of aryl methyl sites for hydroxylation is 1. The molecule has 0 radical (unpaired) electrons. The summed E-state index contributed by atoms with van der Waals surface area (Å²) in [4.78, 5) is 4.61. The van der Waals surface area contributed by atoms with E-state index in [-0.39, 0.29) is 0 Å². The summed E-state index contributed by atoms with van der Waals surface area (Å²) in [5.74, 6) is 0.688. The van der Waals surface area contributed by atoms with Gasteiger partial charge in [0.05, 0.1) is 0 Å². The Labute approximate surface area is 151 Å². The van der Waals surface area contributed by atoms with Crippen LogP contribution in [0.25, 0.3) is 44.1 Å². The number of fused-ring (bicyclic) bond motifs is 2. The molecule has 0 spiro atoms. The summed E-state index contributed by atoms with van der Waals surface area (Å²) >= 11 is 0. The highest BCUT2D eigenvalue weighted by molar-refractivity contribution is 5.96. The summed E-state index contributed by atoms with van der Waals surface area (Å²) in [6.07, 6.45) is 0. The van der Waals surface area contributed by atoms with E-state index in [0.29, 0.717) is 5.89 Å². The second kappa shape index (κ2) is 5.85. The van der Waals surface area contributed by atoms with Gasteiger partial charge >= 0.3 is 0 Å². The van der Waals surface area contributed by atoms with E-state index in [1.165, 1.54) is 16.3 Å². The van der Waals surface area contributed by atoms with Crippen LogP contribution in [0.4, 0.5) is 0 Å². The summed E-state index contributed by atoms with van der Waals surface area (Å²) in [5.41, 5.74) is 6.30. The maximum Gasteiger partial charge on any atom is 0.192 e. The molecule has 0 aliphatic rings. The van der Waals surface area contributed by atoms with Crippen LogP contribution in [0, 0.1) is 6.92 Å². The van der Waals surface area contributed by atoms with E-state index in [0.717, 1.165) is 27.8 Å². The fourth-order valence-corrected chi connectivity index (χ4v) is 3.51. The second-order valence-electron chi connectivity index (χ2n) is 6.53. The lowest BCUT2D eigenvalue weighted by molar-refractivity contribution is 0.561. The molecule has 26 heavy (non-hydrogen) atoms. The number of benzene rings is 4. The summed E-state index contributed by atoms with van der Waals surface area (Å²) in [6, 6.07) is 29.7. The van der Waals surface area contributed by atoms with Crippen molar-refractivity contribution in [1.82, 2.24) is 4.98 Å². The van der Waals surface area contributed by atoms with Crippen LogP contribution in [0.2, 0.25) is 0 Å². The van der Waals surface area contributed by atoms with Crippen molar-refractivity contribution < 1.29 is 4.42 Å². The molecule has 5 aromatic rings. The number of hydrogen-bond donors (Lipinski definition) is 0. The van der Waals surface area contributed by atoms with Crippen molar-refractivity contribution in [3.63, 3.8) is 0 Å². The zero-order valence-corrected chi connectivity index (χ0v) is 14.4. The van der Waals surface area contributed by atoms with Gasteiger partial charge in [-0.15, -0.1) is 0 Å². The number of nitrogens with zero attached hydrogens (tertiary/aromatic N) is 1. The molecule has 0 fully saturated rings. The van der Waals surface area contributed by atoms with Gasteiger partial charge in [-0.2, -0.15) is 0 Å². The van der Waals surface area contributed by atoms with Gasteiger partial charge < -0.3 is 4.42 Å². The Hall–Kier alpha value is -3.39. The molecule has 124 valence electrons. The maximum absolute atomic E-state index is 5.87. The molecule has 4 aromatic carbocycles. The van der Waals surface area contributed by atoms with Gasteiger partial charge in [0.25, 0.3) is 0 Å². The Morgan fingerprint density at radius 1 is 0.654 bits per heavy atom. The molecule has 2 heteroatoms. The normalized spacial score (nSPS) is 11.3. The molecule has 0 N–H and O–H groups in total. The summed E-state index contributed by atoms with van der Waals surface area (Å²) in [5, 5.41) is 2.48. The number of aromatic nitrogens is 1. The van der Waals surface area contributed by atoms with E-state index in [2.05, 4.69) is 83.8 Å². The minimum absolute atomic E-state index is 0.688. The average Bonchev–Trinajstić information content (AvgIpc) is 3.07. The van der Waals surface area contributed by atoms with Crippen LogP contribution < -0.4 is 0 Å². The van der Waals surface area contributed by atoms with Crippen molar-refractivity contribution in [2.45, 2.75) is 6.92 Å². The molecule has 0 unspecified atom stereocenters.